The summed E-state index contributed by atoms with van der Waals surface area (Å²) in [6, 6.07) is 10.1. The number of hydrogen-bond acceptors (Lipinski definition) is 4. The standard InChI is InChI=1S/C18H19FN4O/c19-15-5-3-13(4-6-15)16-7-8-17(21-20-16)22-9-11-23(12-10-22)18(24)14-1-2-14/h3-8,14H,1-2,9-12H2. The molecule has 1 aromatic carbocycles. The van der Waals surface area contributed by atoms with Crippen molar-refractivity contribution in [1.82, 2.24) is 15.1 Å². The molecule has 1 aliphatic carbocycles. The van der Waals surface area contributed by atoms with Gasteiger partial charge in [0.15, 0.2) is 5.82 Å². The Morgan fingerprint density at radius 3 is 2.25 bits per heavy atom. The van der Waals surface area contributed by atoms with Crippen molar-refractivity contribution in [1.29, 1.82) is 0 Å². The van der Waals surface area contributed by atoms with Gasteiger partial charge in [-0.05, 0) is 49.2 Å². The molecule has 0 N–H and O–H groups in total. The molecule has 1 saturated heterocycles. The first-order chi connectivity index (χ1) is 11.7. The summed E-state index contributed by atoms with van der Waals surface area (Å²) >= 11 is 0. The van der Waals surface area contributed by atoms with E-state index in [0.717, 1.165) is 56.1 Å². The minimum absolute atomic E-state index is 0.262. The molecule has 4 rings (SSSR count). The van der Waals surface area contributed by atoms with E-state index in [1.54, 1.807) is 12.1 Å². The summed E-state index contributed by atoms with van der Waals surface area (Å²) in [4.78, 5) is 16.2. The first kappa shape index (κ1) is 15.1. The number of hydrogen-bond donors (Lipinski definition) is 0. The van der Waals surface area contributed by atoms with Crippen molar-refractivity contribution < 1.29 is 9.18 Å². The minimum Gasteiger partial charge on any atom is -0.352 e. The number of halogens is 1. The predicted molar refractivity (Wildman–Crippen MR) is 88.9 cm³/mol. The normalized spacial score (nSPS) is 17.9. The average Bonchev–Trinajstić information content (AvgIpc) is 3.47. The van der Waals surface area contributed by atoms with Crippen LogP contribution in [0.15, 0.2) is 36.4 Å². The molecule has 0 radical (unpaired) electrons. The summed E-state index contributed by atoms with van der Waals surface area (Å²) < 4.78 is 13.0. The predicted octanol–water partition coefficient (Wildman–Crippen LogP) is 2.34. The highest BCUT2D eigenvalue weighted by atomic mass is 19.1. The summed E-state index contributed by atoms with van der Waals surface area (Å²) in [5.41, 5.74) is 1.57. The van der Waals surface area contributed by atoms with Gasteiger partial charge in [-0.25, -0.2) is 4.39 Å². The third-order valence-corrected chi connectivity index (χ3v) is 4.63. The monoisotopic (exact) mass is 326 g/mol. The summed E-state index contributed by atoms with van der Waals surface area (Å²) in [7, 11) is 0. The van der Waals surface area contributed by atoms with Crippen molar-refractivity contribution in [2.24, 2.45) is 5.92 Å². The second-order valence-corrected chi connectivity index (χ2v) is 6.37. The van der Waals surface area contributed by atoms with E-state index in [4.69, 9.17) is 0 Å². The van der Waals surface area contributed by atoms with Crippen LogP contribution in [-0.4, -0.2) is 47.2 Å². The van der Waals surface area contributed by atoms with Crippen LogP contribution in [0.1, 0.15) is 12.8 Å². The molecule has 0 atom stereocenters. The lowest BCUT2D eigenvalue weighted by atomic mass is 10.1. The molecule has 6 heteroatoms. The number of nitrogens with zero attached hydrogens (tertiary/aromatic N) is 4. The van der Waals surface area contributed by atoms with E-state index >= 15 is 0 Å². The van der Waals surface area contributed by atoms with E-state index in [1.165, 1.54) is 12.1 Å². The number of anilines is 1. The molecule has 0 bridgehead atoms. The zero-order valence-electron chi connectivity index (χ0n) is 13.4. The van der Waals surface area contributed by atoms with Crippen LogP contribution in [0.25, 0.3) is 11.3 Å². The number of carbonyl (C=O) groups excluding carboxylic acids is 1. The lowest BCUT2D eigenvalue weighted by molar-refractivity contribution is -0.132. The number of piperazine rings is 1. The fourth-order valence-electron chi connectivity index (χ4n) is 3.01. The van der Waals surface area contributed by atoms with E-state index in [2.05, 4.69) is 15.1 Å². The Kier molecular flexibility index (Phi) is 3.88. The SMILES string of the molecule is O=C(C1CC1)N1CCN(c2ccc(-c3ccc(F)cc3)nn2)CC1. The van der Waals surface area contributed by atoms with E-state index in [9.17, 15) is 9.18 Å². The quantitative estimate of drug-likeness (QED) is 0.869. The van der Waals surface area contributed by atoms with E-state index < -0.39 is 0 Å². The van der Waals surface area contributed by atoms with Crippen LogP contribution in [0, 0.1) is 11.7 Å². The van der Waals surface area contributed by atoms with E-state index in [0.29, 0.717) is 5.91 Å². The Morgan fingerprint density at radius 2 is 1.67 bits per heavy atom. The third-order valence-electron chi connectivity index (χ3n) is 4.63. The second-order valence-electron chi connectivity index (χ2n) is 6.37. The second kappa shape index (κ2) is 6.19. The Hall–Kier alpha value is -2.50. The number of rotatable bonds is 3. The van der Waals surface area contributed by atoms with Crippen LogP contribution in [0.3, 0.4) is 0 Å². The maximum absolute atomic E-state index is 13.0. The number of benzene rings is 1. The van der Waals surface area contributed by atoms with Crippen molar-refractivity contribution in [3.63, 3.8) is 0 Å². The molecule has 1 saturated carbocycles. The number of amides is 1. The van der Waals surface area contributed by atoms with Crippen molar-refractivity contribution in [2.75, 3.05) is 31.1 Å². The van der Waals surface area contributed by atoms with Crippen LogP contribution in [0.5, 0.6) is 0 Å². The molecule has 2 aliphatic rings. The molecule has 1 amide bonds. The minimum atomic E-state index is -0.262. The number of carbonyl (C=O) groups is 1. The zero-order valence-corrected chi connectivity index (χ0v) is 13.4. The lowest BCUT2D eigenvalue weighted by Gasteiger charge is -2.35. The maximum atomic E-state index is 13.0. The molecular weight excluding hydrogens is 307 g/mol. The zero-order chi connectivity index (χ0) is 16.5. The van der Waals surface area contributed by atoms with Gasteiger partial charge in [0.05, 0.1) is 5.69 Å². The third kappa shape index (κ3) is 3.09. The molecule has 1 aromatic heterocycles. The van der Waals surface area contributed by atoms with E-state index in [1.807, 2.05) is 17.0 Å². The molecule has 2 heterocycles. The molecule has 24 heavy (non-hydrogen) atoms. The van der Waals surface area contributed by atoms with Crippen molar-refractivity contribution in [3.05, 3.63) is 42.2 Å². The van der Waals surface area contributed by atoms with Crippen molar-refractivity contribution in [2.45, 2.75) is 12.8 Å². The first-order valence-corrected chi connectivity index (χ1v) is 8.34. The topological polar surface area (TPSA) is 49.3 Å². The van der Waals surface area contributed by atoms with E-state index in [-0.39, 0.29) is 11.7 Å². The van der Waals surface area contributed by atoms with Gasteiger partial charge in [0.1, 0.15) is 5.82 Å². The Labute approximate surface area is 140 Å². The van der Waals surface area contributed by atoms with Gasteiger partial charge >= 0.3 is 0 Å². The summed E-state index contributed by atoms with van der Waals surface area (Å²) in [5, 5.41) is 8.55. The lowest BCUT2D eigenvalue weighted by Crippen LogP contribution is -2.49. The fourth-order valence-corrected chi connectivity index (χ4v) is 3.01. The van der Waals surface area contributed by atoms with Crippen LogP contribution < -0.4 is 4.90 Å². The van der Waals surface area contributed by atoms with Gasteiger partial charge < -0.3 is 9.80 Å². The van der Waals surface area contributed by atoms with Crippen LogP contribution in [0.2, 0.25) is 0 Å². The van der Waals surface area contributed by atoms with Gasteiger partial charge in [-0.1, -0.05) is 0 Å². The summed E-state index contributed by atoms with van der Waals surface area (Å²) in [6.45, 7) is 3.06. The Bertz CT molecular complexity index is 720. The summed E-state index contributed by atoms with van der Waals surface area (Å²) in [5.74, 6) is 1.15. The highest BCUT2D eigenvalue weighted by Crippen LogP contribution is 2.31. The van der Waals surface area contributed by atoms with Gasteiger partial charge in [-0.15, -0.1) is 10.2 Å². The molecule has 2 fully saturated rings. The molecular formula is C18H19FN4O. The first-order valence-electron chi connectivity index (χ1n) is 8.34. The van der Waals surface area contributed by atoms with Gasteiger partial charge in [0, 0.05) is 37.7 Å². The fraction of sp³-hybridized carbons (Fsp3) is 0.389. The van der Waals surface area contributed by atoms with Gasteiger partial charge in [-0.2, -0.15) is 0 Å². The Morgan fingerprint density at radius 1 is 0.958 bits per heavy atom. The molecule has 2 aromatic rings. The molecule has 1 aliphatic heterocycles. The maximum Gasteiger partial charge on any atom is 0.225 e. The van der Waals surface area contributed by atoms with Crippen molar-refractivity contribution in [3.8, 4) is 11.3 Å². The highest BCUT2D eigenvalue weighted by Gasteiger charge is 2.34. The van der Waals surface area contributed by atoms with Gasteiger partial charge in [0.25, 0.3) is 0 Å². The molecule has 0 spiro atoms. The molecule has 124 valence electrons. The smallest absolute Gasteiger partial charge is 0.225 e. The van der Waals surface area contributed by atoms with Crippen LogP contribution in [-0.2, 0) is 4.79 Å². The molecule has 5 nitrogen and oxygen atoms in total. The van der Waals surface area contributed by atoms with Gasteiger partial charge in [-0.3, -0.25) is 4.79 Å². The van der Waals surface area contributed by atoms with Crippen molar-refractivity contribution >= 4 is 11.7 Å². The Balaban J connectivity index is 1.40. The van der Waals surface area contributed by atoms with Crippen LogP contribution in [0.4, 0.5) is 10.2 Å². The highest BCUT2D eigenvalue weighted by molar-refractivity contribution is 5.81. The molecule has 0 unspecified atom stereocenters. The number of aromatic nitrogens is 2. The van der Waals surface area contributed by atoms with Crippen LogP contribution >= 0.6 is 0 Å². The average molecular weight is 326 g/mol. The van der Waals surface area contributed by atoms with Gasteiger partial charge in [0.2, 0.25) is 5.91 Å². The largest absolute Gasteiger partial charge is 0.352 e. The summed E-state index contributed by atoms with van der Waals surface area (Å²) in [6.07, 6.45) is 2.10.